The molecular formula is C17H20Cl2N2O3S. The Hall–Kier alpha value is -1.31. The van der Waals surface area contributed by atoms with Gasteiger partial charge < -0.3 is 10.1 Å². The highest BCUT2D eigenvalue weighted by Gasteiger charge is 2.36. The molecule has 0 radical (unpaired) electrons. The lowest BCUT2D eigenvalue weighted by molar-refractivity contribution is 0.270. The zero-order valence-corrected chi connectivity index (χ0v) is 16.1. The fourth-order valence-corrected chi connectivity index (χ4v) is 4.97. The molecule has 1 aliphatic heterocycles. The summed E-state index contributed by atoms with van der Waals surface area (Å²) in [5.41, 5.74) is 0.796. The molecule has 1 aliphatic rings. The molecule has 5 nitrogen and oxygen atoms in total. The van der Waals surface area contributed by atoms with E-state index in [1.807, 2.05) is 18.2 Å². The van der Waals surface area contributed by atoms with Crippen molar-refractivity contribution in [2.45, 2.75) is 10.9 Å². The summed E-state index contributed by atoms with van der Waals surface area (Å²) in [4.78, 5) is 0.173. The summed E-state index contributed by atoms with van der Waals surface area (Å²) in [5, 5.41) is 3.81. The average Bonchev–Trinajstić information content (AvgIpc) is 2.62. The lowest BCUT2D eigenvalue weighted by Crippen LogP contribution is -2.48. The van der Waals surface area contributed by atoms with Crippen molar-refractivity contribution < 1.29 is 13.2 Å². The number of methoxy groups -OCH3 is 1. The van der Waals surface area contributed by atoms with Gasteiger partial charge in [0.1, 0.15) is 10.6 Å². The number of benzene rings is 2. The predicted molar refractivity (Wildman–Crippen MR) is 101 cm³/mol. The summed E-state index contributed by atoms with van der Waals surface area (Å²) in [5.74, 6) is 0.342. The fourth-order valence-electron chi connectivity index (χ4n) is 2.94. The van der Waals surface area contributed by atoms with Crippen molar-refractivity contribution in [3.8, 4) is 5.75 Å². The standard InChI is InChI=1S/C17H19ClN2O3S.ClH/c1-23-16-8-4-5-9-17(16)24(21,22)20-11-10-19-12-15(20)13-6-2-3-7-14(13)18;/h2-9,15,19H,10-12H2,1H3;1H. The van der Waals surface area contributed by atoms with Gasteiger partial charge in [-0.1, -0.05) is 41.9 Å². The van der Waals surface area contributed by atoms with Gasteiger partial charge in [-0.15, -0.1) is 12.4 Å². The number of piperazine rings is 1. The van der Waals surface area contributed by atoms with Crippen molar-refractivity contribution >= 4 is 34.0 Å². The van der Waals surface area contributed by atoms with Crippen LogP contribution in [0, 0.1) is 0 Å². The number of hydrogen-bond acceptors (Lipinski definition) is 4. The van der Waals surface area contributed by atoms with Crippen LogP contribution in [0.2, 0.25) is 5.02 Å². The first-order valence-corrected chi connectivity index (χ1v) is 9.47. The molecule has 0 bridgehead atoms. The second-order valence-corrected chi connectivity index (χ2v) is 7.77. The molecule has 3 rings (SSSR count). The number of para-hydroxylation sites is 1. The van der Waals surface area contributed by atoms with Gasteiger partial charge in [0.15, 0.2) is 0 Å². The minimum atomic E-state index is -3.71. The molecule has 8 heteroatoms. The summed E-state index contributed by atoms with van der Waals surface area (Å²) < 4.78 is 33.2. The SMILES string of the molecule is COc1ccccc1S(=O)(=O)N1CCNCC1c1ccccc1Cl.Cl. The number of rotatable bonds is 4. The first kappa shape index (κ1) is 20.0. The molecule has 2 aromatic rings. The zero-order valence-electron chi connectivity index (χ0n) is 13.7. The number of hydrogen-bond donors (Lipinski definition) is 1. The first-order valence-electron chi connectivity index (χ1n) is 7.65. The monoisotopic (exact) mass is 402 g/mol. The van der Waals surface area contributed by atoms with Crippen LogP contribution >= 0.6 is 24.0 Å². The molecule has 1 N–H and O–H groups in total. The van der Waals surface area contributed by atoms with E-state index < -0.39 is 10.0 Å². The number of nitrogens with zero attached hydrogens (tertiary/aromatic N) is 1. The smallest absolute Gasteiger partial charge is 0.247 e. The Morgan fingerprint density at radius 3 is 2.56 bits per heavy atom. The Bertz CT molecular complexity index is 830. The van der Waals surface area contributed by atoms with E-state index in [0.29, 0.717) is 30.4 Å². The molecule has 0 saturated carbocycles. The third-order valence-corrected chi connectivity index (χ3v) is 6.41. The van der Waals surface area contributed by atoms with E-state index in [9.17, 15) is 8.42 Å². The first-order chi connectivity index (χ1) is 11.6. The molecule has 0 aromatic heterocycles. The minimum absolute atomic E-state index is 0. The fraction of sp³-hybridized carbons (Fsp3) is 0.294. The lowest BCUT2D eigenvalue weighted by Gasteiger charge is -2.36. The van der Waals surface area contributed by atoms with Gasteiger partial charge in [-0.25, -0.2) is 8.42 Å². The van der Waals surface area contributed by atoms with Gasteiger partial charge in [0, 0.05) is 24.7 Å². The molecule has 1 atom stereocenters. The van der Waals surface area contributed by atoms with E-state index >= 15 is 0 Å². The van der Waals surface area contributed by atoms with E-state index in [2.05, 4.69) is 5.32 Å². The van der Waals surface area contributed by atoms with E-state index in [-0.39, 0.29) is 23.3 Å². The summed E-state index contributed by atoms with van der Waals surface area (Å²) >= 11 is 6.30. The van der Waals surface area contributed by atoms with Gasteiger partial charge >= 0.3 is 0 Å². The Morgan fingerprint density at radius 2 is 1.84 bits per heavy atom. The number of halogens is 2. The third-order valence-electron chi connectivity index (χ3n) is 4.11. The quantitative estimate of drug-likeness (QED) is 0.853. The molecule has 1 saturated heterocycles. The van der Waals surface area contributed by atoms with Crippen LogP contribution < -0.4 is 10.1 Å². The summed E-state index contributed by atoms with van der Waals surface area (Å²) in [6, 6.07) is 13.7. The Balaban J connectivity index is 0.00000225. The average molecular weight is 403 g/mol. The van der Waals surface area contributed by atoms with Crippen LogP contribution in [0.15, 0.2) is 53.4 Å². The number of sulfonamides is 1. The Morgan fingerprint density at radius 1 is 1.16 bits per heavy atom. The van der Waals surface area contributed by atoms with Crippen LogP contribution in [0.25, 0.3) is 0 Å². The second-order valence-electron chi connectivity index (χ2n) is 5.51. The van der Waals surface area contributed by atoms with Gasteiger partial charge in [-0.3, -0.25) is 0 Å². The van der Waals surface area contributed by atoms with Crippen LogP contribution in [-0.4, -0.2) is 39.5 Å². The highest BCUT2D eigenvalue weighted by Crippen LogP contribution is 2.35. The molecule has 1 unspecified atom stereocenters. The van der Waals surface area contributed by atoms with Gasteiger partial charge in [-0.05, 0) is 23.8 Å². The maximum absolute atomic E-state index is 13.2. The predicted octanol–water partition coefficient (Wildman–Crippen LogP) is 3.11. The van der Waals surface area contributed by atoms with Crippen LogP contribution in [0.3, 0.4) is 0 Å². The molecule has 1 fully saturated rings. The third kappa shape index (κ3) is 3.93. The zero-order chi connectivity index (χ0) is 17.2. The number of ether oxygens (including phenoxy) is 1. The van der Waals surface area contributed by atoms with Crippen LogP contribution in [0.4, 0.5) is 0 Å². The Labute approximate surface area is 159 Å². The van der Waals surface area contributed by atoms with Crippen molar-refractivity contribution in [3.05, 3.63) is 59.1 Å². The maximum Gasteiger partial charge on any atom is 0.247 e. The summed E-state index contributed by atoms with van der Waals surface area (Å²) in [6.45, 7) is 1.48. The number of nitrogens with one attached hydrogen (secondary N) is 1. The molecule has 0 aliphatic carbocycles. The minimum Gasteiger partial charge on any atom is -0.495 e. The summed E-state index contributed by atoms with van der Waals surface area (Å²) in [6.07, 6.45) is 0. The van der Waals surface area contributed by atoms with Crippen LogP contribution in [0.1, 0.15) is 11.6 Å². The Kier molecular flexibility index (Phi) is 6.71. The largest absolute Gasteiger partial charge is 0.495 e. The molecule has 0 spiro atoms. The highest BCUT2D eigenvalue weighted by atomic mass is 35.5. The summed E-state index contributed by atoms with van der Waals surface area (Å²) in [7, 11) is -2.24. The van der Waals surface area contributed by atoms with E-state index in [0.717, 1.165) is 5.56 Å². The molecule has 1 heterocycles. The van der Waals surface area contributed by atoms with Gasteiger partial charge in [0.05, 0.1) is 13.2 Å². The van der Waals surface area contributed by atoms with E-state index in [1.54, 1.807) is 30.3 Å². The lowest BCUT2D eigenvalue weighted by atomic mass is 10.1. The van der Waals surface area contributed by atoms with E-state index in [4.69, 9.17) is 16.3 Å². The second kappa shape index (κ2) is 8.38. The van der Waals surface area contributed by atoms with Crippen molar-refractivity contribution in [3.63, 3.8) is 0 Å². The molecule has 0 amide bonds. The van der Waals surface area contributed by atoms with Gasteiger partial charge in [-0.2, -0.15) is 4.31 Å². The maximum atomic E-state index is 13.2. The molecule has 136 valence electrons. The van der Waals surface area contributed by atoms with Crippen molar-refractivity contribution in [1.82, 2.24) is 9.62 Å². The topological polar surface area (TPSA) is 58.6 Å². The van der Waals surface area contributed by atoms with Gasteiger partial charge in [0.2, 0.25) is 10.0 Å². The molecular weight excluding hydrogens is 383 g/mol. The molecule has 25 heavy (non-hydrogen) atoms. The van der Waals surface area contributed by atoms with Crippen LogP contribution in [-0.2, 0) is 10.0 Å². The van der Waals surface area contributed by atoms with Crippen molar-refractivity contribution in [2.75, 3.05) is 26.7 Å². The van der Waals surface area contributed by atoms with Crippen LogP contribution in [0.5, 0.6) is 5.75 Å². The van der Waals surface area contributed by atoms with Crippen molar-refractivity contribution in [1.29, 1.82) is 0 Å². The highest BCUT2D eigenvalue weighted by molar-refractivity contribution is 7.89. The van der Waals surface area contributed by atoms with Crippen molar-refractivity contribution in [2.24, 2.45) is 0 Å². The normalized spacial score (nSPS) is 18.4. The molecule has 2 aromatic carbocycles. The van der Waals surface area contributed by atoms with Gasteiger partial charge in [0.25, 0.3) is 0 Å². The van der Waals surface area contributed by atoms with E-state index in [1.165, 1.54) is 11.4 Å².